The van der Waals surface area contributed by atoms with Gasteiger partial charge in [-0.3, -0.25) is 4.79 Å². The van der Waals surface area contributed by atoms with Crippen molar-refractivity contribution in [3.8, 4) is 0 Å². The van der Waals surface area contributed by atoms with E-state index in [-0.39, 0.29) is 5.91 Å². The number of aryl methyl sites for hydroxylation is 1. The molecule has 0 fully saturated rings. The van der Waals surface area contributed by atoms with Gasteiger partial charge in [0.2, 0.25) is 5.91 Å². The van der Waals surface area contributed by atoms with Crippen molar-refractivity contribution in [2.45, 2.75) is 13.3 Å². The smallest absolute Gasteiger partial charge is 0.248 e. The predicted octanol–water partition coefficient (Wildman–Crippen LogP) is 1.77. The Morgan fingerprint density at radius 2 is 2.54 bits per heavy atom. The van der Waals surface area contributed by atoms with Crippen LogP contribution in [-0.2, 0) is 11.2 Å². The van der Waals surface area contributed by atoms with Crippen LogP contribution in [0.15, 0.2) is 31.0 Å². The lowest BCUT2D eigenvalue weighted by atomic mass is 10.2. The van der Waals surface area contributed by atoms with Crippen molar-refractivity contribution in [2.75, 3.05) is 5.32 Å². The van der Waals surface area contributed by atoms with Crippen molar-refractivity contribution in [2.24, 2.45) is 0 Å². The Hall–Kier alpha value is -1.64. The van der Waals surface area contributed by atoms with Crippen molar-refractivity contribution >= 4 is 11.7 Å². The Balaban J connectivity index is 2.77. The molecule has 0 unspecified atom stereocenters. The van der Waals surface area contributed by atoms with Gasteiger partial charge in [0.1, 0.15) is 5.82 Å². The Bertz CT molecular complexity index is 320. The lowest BCUT2D eigenvalue weighted by Gasteiger charge is -2.02. The maximum absolute atomic E-state index is 10.9. The number of pyridine rings is 1. The van der Waals surface area contributed by atoms with Crippen LogP contribution in [0.1, 0.15) is 12.5 Å². The molecule has 0 atom stereocenters. The van der Waals surface area contributed by atoms with Crippen LogP contribution in [0.25, 0.3) is 0 Å². The van der Waals surface area contributed by atoms with E-state index in [0.29, 0.717) is 5.82 Å². The molecule has 1 N–H and O–H groups in total. The first-order valence-corrected chi connectivity index (χ1v) is 4.14. The lowest BCUT2D eigenvalue weighted by molar-refractivity contribution is -0.111. The van der Waals surface area contributed by atoms with Crippen molar-refractivity contribution in [1.82, 2.24) is 4.98 Å². The Morgan fingerprint density at radius 3 is 3.15 bits per heavy atom. The number of hydrogen-bond donors (Lipinski definition) is 1. The molecule has 0 saturated carbocycles. The lowest BCUT2D eigenvalue weighted by Crippen LogP contribution is -2.08. The number of carbonyl (C=O) groups is 1. The number of amides is 1. The number of hydrogen-bond acceptors (Lipinski definition) is 2. The minimum absolute atomic E-state index is 0.235. The molecule has 1 aromatic rings. The highest BCUT2D eigenvalue weighted by Crippen LogP contribution is 2.06. The van der Waals surface area contributed by atoms with Crippen molar-refractivity contribution in [3.63, 3.8) is 0 Å². The summed E-state index contributed by atoms with van der Waals surface area (Å²) in [6.45, 7) is 5.41. The molecule has 0 spiro atoms. The maximum Gasteiger partial charge on any atom is 0.248 e. The van der Waals surface area contributed by atoms with Gasteiger partial charge in [0.05, 0.1) is 0 Å². The summed E-state index contributed by atoms with van der Waals surface area (Å²) in [4.78, 5) is 14.9. The van der Waals surface area contributed by atoms with E-state index in [1.807, 2.05) is 12.1 Å². The second-order valence-electron chi connectivity index (χ2n) is 2.60. The molecule has 0 aliphatic heterocycles. The van der Waals surface area contributed by atoms with Crippen LogP contribution in [0.5, 0.6) is 0 Å². The molecular weight excluding hydrogens is 164 g/mol. The second-order valence-corrected chi connectivity index (χ2v) is 2.60. The normalized spacial score (nSPS) is 9.31. The van der Waals surface area contributed by atoms with Gasteiger partial charge in [-0.1, -0.05) is 13.5 Å². The quantitative estimate of drug-likeness (QED) is 0.713. The number of rotatable bonds is 3. The summed E-state index contributed by atoms with van der Waals surface area (Å²) in [7, 11) is 0. The van der Waals surface area contributed by atoms with E-state index in [1.165, 1.54) is 6.08 Å². The molecule has 0 aliphatic rings. The van der Waals surface area contributed by atoms with E-state index in [0.717, 1.165) is 12.0 Å². The van der Waals surface area contributed by atoms with Crippen molar-refractivity contribution < 1.29 is 4.79 Å². The topological polar surface area (TPSA) is 42.0 Å². The molecule has 0 radical (unpaired) electrons. The third-order valence-corrected chi connectivity index (χ3v) is 1.67. The van der Waals surface area contributed by atoms with Gasteiger partial charge in [-0.25, -0.2) is 4.98 Å². The zero-order chi connectivity index (χ0) is 9.68. The van der Waals surface area contributed by atoms with Gasteiger partial charge >= 0.3 is 0 Å². The van der Waals surface area contributed by atoms with Gasteiger partial charge in [0, 0.05) is 6.20 Å². The molecular formula is C10H12N2O. The second kappa shape index (κ2) is 4.40. The van der Waals surface area contributed by atoms with Crippen LogP contribution in [0.4, 0.5) is 5.82 Å². The van der Waals surface area contributed by atoms with Crippen LogP contribution in [0.2, 0.25) is 0 Å². The first-order chi connectivity index (χ1) is 6.26. The first-order valence-electron chi connectivity index (χ1n) is 4.14. The molecule has 1 aromatic heterocycles. The van der Waals surface area contributed by atoms with Gasteiger partial charge in [-0.05, 0) is 30.2 Å². The van der Waals surface area contributed by atoms with Crippen LogP contribution in [0, 0.1) is 0 Å². The summed E-state index contributed by atoms with van der Waals surface area (Å²) >= 11 is 0. The fraction of sp³-hybridized carbons (Fsp3) is 0.200. The molecule has 1 amide bonds. The molecule has 0 bridgehead atoms. The summed E-state index contributed by atoms with van der Waals surface area (Å²) in [6, 6.07) is 3.77. The van der Waals surface area contributed by atoms with E-state index >= 15 is 0 Å². The Labute approximate surface area is 77.5 Å². The minimum Gasteiger partial charge on any atom is -0.307 e. The number of carbonyl (C=O) groups excluding carboxylic acids is 1. The van der Waals surface area contributed by atoms with E-state index in [4.69, 9.17) is 0 Å². The van der Waals surface area contributed by atoms with Crippen molar-refractivity contribution in [3.05, 3.63) is 36.5 Å². The highest BCUT2D eigenvalue weighted by molar-refractivity contribution is 5.98. The third-order valence-electron chi connectivity index (χ3n) is 1.67. The van der Waals surface area contributed by atoms with Crippen LogP contribution < -0.4 is 5.32 Å². The average molecular weight is 176 g/mol. The van der Waals surface area contributed by atoms with Crippen molar-refractivity contribution in [1.29, 1.82) is 0 Å². The first kappa shape index (κ1) is 9.45. The molecule has 0 aromatic carbocycles. The summed E-state index contributed by atoms with van der Waals surface area (Å²) in [5.74, 6) is 0.338. The van der Waals surface area contributed by atoms with Gasteiger partial charge in [-0.15, -0.1) is 0 Å². The average Bonchev–Trinajstić information content (AvgIpc) is 2.18. The van der Waals surface area contributed by atoms with Crippen LogP contribution in [0.3, 0.4) is 0 Å². The monoisotopic (exact) mass is 176 g/mol. The summed E-state index contributed by atoms with van der Waals surface area (Å²) in [5.41, 5.74) is 1.15. The van der Waals surface area contributed by atoms with Crippen LogP contribution in [-0.4, -0.2) is 10.9 Å². The van der Waals surface area contributed by atoms with E-state index in [9.17, 15) is 4.79 Å². The highest BCUT2D eigenvalue weighted by Gasteiger charge is 1.98. The molecule has 68 valence electrons. The molecule has 0 saturated heterocycles. The largest absolute Gasteiger partial charge is 0.307 e. The molecule has 1 heterocycles. The zero-order valence-corrected chi connectivity index (χ0v) is 7.58. The van der Waals surface area contributed by atoms with E-state index in [2.05, 4.69) is 23.8 Å². The maximum atomic E-state index is 10.9. The number of anilines is 1. The molecule has 0 aliphatic carbocycles. The predicted molar refractivity (Wildman–Crippen MR) is 52.4 cm³/mol. The fourth-order valence-electron chi connectivity index (χ4n) is 0.940. The summed E-state index contributed by atoms with van der Waals surface area (Å²) in [5, 5.41) is 2.60. The van der Waals surface area contributed by atoms with Gasteiger partial charge in [0.25, 0.3) is 0 Å². The molecule has 1 rings (SSSR count). The number of nitrogens with zero attached hydrogens (tertiary/aromatic N) is 1. The number of aromatic nitrogens is 1. The molecule has 13 heavy (non-hydrogen) atoms. The minimum atomic E-state index is -0.235. The Morgan fingerprint density at radius 1 is 1.77 bits per heavy atom. The SMILES string of the molecule is C=CC(=O)Nc1cc(CC)ccn1. The molecule has 3 nitrogen and oxygen atoms in total. The Kier molecular flexibility index (Phi) is 3.20. The van der Waals surface area contributed by atoms with Gasteiger partial charge in [-0.2, -0.15) is 0 Å². The molecule has 3 heteroatoms. The van der Waals surface area contributed by atoms with Crippen LogP contribution >= 0.6 is 0 Å². The van der Waals surface area contributed by atoms with Gasteiger partial charge < -0.3 is 5.32 Å². The third kappa shape index (κ3) is 2.71. The summed E-state index contributed by atoms with van der Waals surface area (Å²) < 4.78 is 0. The van der Waals surface area contributed by atoms with E-state index in [1.54, 1.807) is 6.20 Å². The fourth-order valence-corrected chi connectivity index (χ4v) is 0.940. The zero-order valence-electron chi connectivity index (χ0n) is 7.58. The van der Waals surface area contributed by atoms with Gasteiger partial charge in [0.15, 0.2) is 0 Å². The van der Waals surface area contributed by atoms with E-state index < -0.39 is 0 Å². The number of nitrogens with one attached hydrogen (secondary N) is 1. The summed E-state index contributed by atoms with van der Waals surface area (Å²) in [6.07, 6.45) is 3.83. The standard InChI is InChI=1S/C10H12N2O/c1-3-8-5-6-11-9(7-8)12-10(13)4-2/h4-7H,2-3H2,1H3,(H,11,12,13). The highest BCUT2D eigenvalue weighted by atomic mass is 16.1.